The molecule has 0 spiro atoms. The Morgan fingerprint density at radius 1 is 1.30 bits per heavy atom. The van der Waals surface area contributed by atoms with Crippen molar-refractivity contribution in [2.45, 2.75) is 31.8 Å². The van der Waals surface area contributed by atoms with Crippen LogP contribution in [0.5, 0.6) is 0 Å². The van der Waals surface area contributed by atoms with E-state index in [0.29, 0.717) is 5.56 Å². The molecule has 1 fully saturated rings. The van der Waals surface area contributed by atoms with Gasteiger partial charge in [0.1, 0.15) is 5.82 Å². The molecule has 0 bridgehead atoms. The lowest BCUT2D eigenvalue weighted by Gasteiger charge is -2.34. The van der Waals surface area contributed by atoms with Crippen molar-refractivity contribution in [2.75, 3.05) is 19.8 Å². The van der Waals surface area contributed by atoms with Gasteiger partial charge in [-0.3, -0.25) is 0 Å². The highest BCUT2D eigenvalue weighted by molar-refractivity contribution is 5.82. The molecule has 0 unspecified atom stereocenters. The summed E-state index contributed by atoms with van der Waals surface area (Å²) in [5.74, 6) is -0.300. The molecule has 6 heteroatoms. The Morgan fingerprint density at radius 3 is 2.81 bits per heavy atom. The second kappa shape index (κ2) is 7.38. The van der Waals surface area contributed by atoms with Gasteiger partial charge in [-0.2, -0.15) is 5.10 Å². The van der Waals surface area contributed by atoms with E-state index in [1.54, 1.807) is 4.68 Å². The van der Waals surface area contributed by atoms with Gasteiger partial charge in [-0.25, -0.2) is 9.07 Å². The fourth-order valence-corrected chi connectivity index (χ4v) is 3.90. The number of piperidine rings is 1. The predicted molar refractivity (Wildman–Crippen MR) is 104 cm³/mol. The van der Waals surface area contributed by atoms with E-state index in [-0.39, 0.29) is 24.6 Å². The first-order chi connectivity index (χ1) is 13.1. The molecule has 5 nitrogen and oxygen atoms in total. The quantitative estimate of drug-likeness (QED) is 0.679. The summed E-state index contributed by atoms with van der Waals surface area (Å²) in [6.07, 6.45) is 4.24. The van der Waals surface area contributed by atoms with E-state index in [4.69, 9.17) is 10.5 Å². The molecule has 0 saturated carbocycles. The van der Waals surface area contributed by atoms with E-state index in [2.05, 4.69) is 41.6 Å². The predicted octanol–water partition coefficient (Wildman–Crippen LogP) is 3.24. The topological polar surface area (TPSA) is 65.1 Å². The number of rotatable bonds is 5. The first-order valence-electron chi connectivity index (χ1n) is 9.36. The lowest BCUT2D eigenvalue weighted by molar-refractivity contribution is 0.128. The van der Waals surface area contributed by atoms with Crippen LogP contribution in [0.15, 0.2) is 42.6 Å². The number of benzene rings is 2. The maximum atomic E-state index is 13.9. The van der Waals surface area contributed by atoms with Gasteiger partial charge in [0.2, 0.25) is 0 Å². The number of ether oxygens (including phenoxy) is 1. The lowest BCUT2D eigenvalue weighted by Crippen LogP contribution is -2.41. The van der Waals surface area contributed by atoms with Crippen LogP contribution in [0.1, 0.15) is 30.9 Å². The minimum Gasteiger partial charge on any atom is -0.362 e. The summed E-state index contributed by atoms with van der Waals surface area (Å²) < 4.78 is 20.9. The van der Waals surface area contributed by atoms with Crippen LogP contribution in [0.25, 0.3) is 16.6 Å². The Hall–Kier alpha value is -2.28. The van der Waals surface area contributed by atoms with E-state index in [9.17, 15) is 4.39 Å². The molecule has 27 heavy (non-hydrogen) atoms. The number of hydrogen-bond acceptors (Lipinski definition) is 4. The van der Waals surface area contributed by atoms with Crippen LogP contribution < -0.4 is 11.1 Å². The number of nitrogens with zero attached hydrogens (tertiary/aromatic N) is 2. The van der Waals surface area contributed by atoms with E-state index in [0.717, 1.165) is 29.7 Å². The molecule has 142 valence electrons. The van der Waals surface area contributed by atoms with E-state index >= 15 is 0 Å². The zero-order chi connectivity index (χ0) is 18.9. The molecule has 1 aliphatic rings. The van der Waals surface area contributed by atoms with E-state index in [1.165, 1.54) is 30.5 Å². The molecule has 1 aliphatic heterocycles. The number of fused-ring (bicyclic) bond motifs is 1. The maximum Gasteiger partial charge on any atom is 0.124 e. The van der Waals surface area contributed by atoms with Crippen LogP contribution in [0.3, 0.4) is 0 Å². The van der Waals surface area contributed by atoms with Gasteiger partial charge in [0.25, 0.3) is 0 Å². The third-order valence-corrected chi connectivity index (χ3v) is 5.45. The molecule has 2 aromatic carbocycles. The third kappa shape index (κ3) is 3.60. The summed E-state index contributed by atoms with van der Waals surface area (Å²) in [6.45, 7) is 4.74. The summed E-state index contributed by atoms with van der Waals surface area (Å²) in [6, 6.07) is 11.5. The maximum absolute atomic E-state index is 13.9. The van der Waals surface area contributed by atoms with Crippen LogP contribution in [0.2, 0.25) is 0 Å². The average molecular weight is 368 g/mol. The van der Waals surface area contributed by atoms with Crippen LogP contribution in [-0.2, 0) is 16.8 Å². The Kier molecular flexibility index (Phi) is 4.95. The van der Waals surface area contributed by atoms with Crippen molar-refractivity contribution < 1.29 is 9.13 Å². The average Bonchev–Trinajstić information content (AvgIpc) is 3.11. The van der Waals surface area contributed by atoms with Crippen molar-refractivity contribution in [1.29, 1.82) is 0 Å². The SMILES string of the molecule is C[C@]1(c2ccc(-n3cc4cc(F)cc(COCN)c4n3)cc2)CCCNC1. The number of hydrogen-bond donors (Lipinski definition) is 2. The molecule has 1 saturated heterocycles. The number of nitrogens with two attached hydrogens (primary N) is 1. The lowest BCUT2D eigenvalue weighted by atomic mass is 9.76. The second-order valence-corrected chi connectivity index (χ2v) is 7.48. The first-order valence-corrected chi connectivity index (χ1v) is 9.36. The zero-order valence-electron chi connectivity index (χ0n) is 15.5. The van der Waals surface area contributed by atoms with Gasteiger partial charge in [0.15, 0.2) is 0 Å². The van der Waals surface area contributed by atoms with Gasteiger partial charge in [0, 0.05) is 29.1 Å². The summed E-state index contributed by atoms with van der Waals surface area (Å²) >= 11 is 0. The summed E-state index contributed by atoms with van der Waals surface area (Å²) in [4.78, 5) is 0. The molecule has 2 heterocycles. The number of nitrogens with one attached hydrogen (secondary N) is 1. The Balaban J connectivity index is 1.66. The minimum absolute atomic E-state index is 0.0911. The second-order valence-electron chi connectivity index (χ2n) is 7.48. The zero-order valence-corrected chi connectivity index (χ0v) is 15.5. The van der Waals surface area contributed by atoms with Crippen LogP contribution in [-0.4, -0.2) is 29.6 Å². The van der Waals surface area contributed by atoms with Gasteiger partial charge in [-0.05, 0) is 49.2 Å². The fraction of sp³-hybridized carbons (Fsp3) is 0.381. The van der Waals surface area contributed by atoms with E-state index < -0.39 is 0 Å². The van der Waals surface area contributed by atoms with Crippen molar-refractivity contribution >= 4 is 10.9 Å². The molecule has 0 amide bonds. The molecule has 3 aromatic rings. The number of aromatic nitrogens is 2. The van der Waals surface area contributed by atoms with Crippen molar-refractivity contribution in [1.82, 2.24) is 15.1 Å². The number of halogens is 1. The molecule has 1 atom stereocenters. The van der Waals surface area contributed by atoms with Crippen LogP contribution in [0, 0.1) is 5.82 Å². The summed E-state index contributed by atoms with van der Waals surface area (Å²) in [5, 5.41) is 8.89. The Bertz CT molecular complexity index is 929. The largest absolute Gasteiger partial charge is 0.362 e. The molecule has 0 radical (unpaired) electrons. The van der Waals surface area contributed by atoms with Gasteiger partial charge in [-0.15, -0.1) is 0 Å². The van der Waals surface area contributed by atoms with Gasteiger partial charge in [0.05, 0.1) is 24.5 Å². The van der Waals surface area contributed by atoms with Crippen molar-refractivity contribution in [3.63, 3.8) is 0 Å². The van der Waals surface area contributed by atoms with Crippen LogP contribution in [0.4, 0.5) is 4.39 Å². The molecular weight excluding hydrogens is 343 g/mol. The van der Waals surface area contributed by atoms with Crippen molar-refractivity contribution in [2.24, 2.45) is 5.73 Å². The van der Waals surface area contributed by atoms with Gasteiger partial charge in [-0.1, -0.05) is 19.1 Å². The standard InChI is InChI=1S/C21H25FN4O/c1-21(7-2-8-24-13-21)17-3-5-19(6-4-17)26-11-15-9-18(22)10-16(12-27-14-23)20(15)25-26/h3-6,9-11,24H,2,7-8,12-14,23H2,1H3/t21-/m0/s1. The van der Waals surface area contributed by atoms with E-state index in [1.807, 2.05) is 6.20 Å². The normalized spacial score (nSPS) is 20.3. The highest BCUT2D eigenvalue weighted by Gasteiger charge is 2.28. The van der Waals surface area contributed by atoms with Crippen molar-refractivity contribution in [3.05, 3.63) is 59.5 Å². The molecule has 1 aromatic heterocycles. The minimum atomic E-state index is -0.300. The third-order valence-electron chi connectivity index (χ3n) is 5.45. The fourth-order valence-electron chi connectivity index (χ4n) is 3.90. The highest BCUT2D eigenvalue weighted by atomic mass is 19.1. The molecule has 0 aliphatic carbocycles. The molecular formula is C21H25FN4O. The Morgan fingerprint density at radius 2 is 2.11 bits per heavy atom. The molecule has 3 N–H and O–H groups in total. The highest BCUT2D eigenvalue weighted by Crippen LogP contribution is 2.31. The van der Waals surface area contributed by atoms with Crippen LogP contribution >= 0.6 is 0 Å². The summed E-state index contributed by atoms with van der Waals surface area (Å²) in [5.41, 5.74) is 9.28. The monoisotopic (exact) mass is 368 g/mol. The Labute approximate surface area is 158 Å². The van der Waals surface area contributed by atoms with Gasteiger partial charge < -0.3 is 15.8 Å². The summed E-state index contributed by atoms with van der Waals surface area (Å²) in [7, 11) is 0. The first kappa shape index (κ1) is 18.1. The van der Waals surface area contributed by atoms with Gasteiger partial charge >= 0.3 is 0 Å². The molecule has 4 rings (SSSR count). The smallest absolute Gasteiger partial charge is 0.124 e. The van der Waals surface area contributed by atoms with Crippen molar-refractivity contribution in [3.8, 4) is 5.69 Å².